The lowest BCUT2D eigenvalue weighted by atomic mass is 10.0. The highest BCUT2D eigenvalue weighted by molar-refractivity contribution is 5.93. The average molecular weight is 303 g/mol. The fraction of sp³-hybridized carbons (Fsp3) is 0.200. The molecular weight excluding hydrogens is 282 g/mol. The van der Waals surface area contributed by atoms with E-state index in [4.69, 9.17) is 5.73 Å². The van der Waals surface area contributed by atoms with Gasteiger partial charge in [0.15, 0.2) is 0 Å². The van der Waals surface area contributed by atoms with Crippen molar-refractivity contribution in [1.29, 1.82) is 0 Å². The van der Waals surface area contributed by atoms with Crippen molar-refractivity contribution in [2.75, 3.05) is 0 Å². The van der Waals surface area contributed by atoms with E-state index in [-0.39, 0.29) is 0 Å². The molecule has 0 aliphatic carbocycles. The molecule has 0 fully saturated rings. The van der Waals surface area contributed by atoms with Gasteiger partial charge in [0.25, 0.3) is 0 Å². The molecule has 2 aromatic heterocycles. The molecule has 2 N–H and O–H groups in total. The standard InChI is InChI=1S/C17H13N3.C3H8/c1-2-15(18)16-7-6-13-4-3-5-14(17(13)20-16)12-8-10-19-11-9-12;1-3-2/h2,5-11H,18H2,1H3;3H2,1-2H3/b15-2-;. The highest BCUT2D eigenvalue weighted by Gasteiger charge is 2.06. The summed E-state index contributed by atoms with van der Waals surface area (Å²) in [6, 6.07) is 15.8. The molecule has 3 aromatic rings. The third-order valence-electron chi connectivity index (χ3n) is 3.17. The first-order chi connectivity index (χ1) is 11.2. The fourth-order valence-corrected chi connectivity index (χ4v) is 2.08. The summed E-state index contributed by atoms with van der Waals surface area (Å²) in [7, 11) is 0. The SMILES string of the molecule is C/C=C(\N)c1ccc2c#ccc(-c3ccncc3)c2n1.CCC. The van der Waals surface area contributed by atoms with Crippen LogP contribution in [0.1, 0.15) is 32.9 Å². The van der Waals surface area contributed by atoms with E-state index in [1.807, 2.05) is 43.3 Å². The first kappa shape index (κ1) is 16.5. The molecule has 23 heavy (non-hydrogen) atoms. The Kier molecular flexibility index (Phi) is 5.71. The Morgan fingerprint density at radius 3 is 2.52 bits per heavy atom. The molecule has 2 heterocycles. The third-order valence-corrected chi connectivity index (χ3v) is 3.17. The minimum absolute atomic E-state index is 0.667. The molecule has 0 unspecified atom stereocenters. The molecule has 3 rings (SSSR count). The number of aromatic nitrogens is 2. The molecule has 0 radical (unpaired) electrons. The van der Waals surface area contributed by atoms with Crippen molar-refractivity contribution in [1.82, 2.24) is 9.97 Å². The van der Waals surface area contributed by atoms with Gasteiger partial charge in [-0.3, -0.25) is 4.98 Å². The molecule has 3 heteroatoms. The summed E-state index contributed by atoms with van der Waals surface area (Å²) in [4.78, 5) is 8.70. The van der Waals surface area contributed by atoms with Crippen LogP contribution < -0.4 is 5.73 Å². The zero-order chi connectivity index (χ0) is 16.7. The summed E-state index contributed by atoms with van der Waals surface area (Å²) >= 11 is 0. The van der Waals surface area contributed by atoms with Crippen molar-refractivity contribution in [2.45, 2.75) is 27.2 Å². The number of pyridine rings is 2. The molecule has 116 valence electrons. The Balaban J connectivity index is 0.000000595. The topological polar surface area (TPSA) is 51.8 Å². The highest BCUT2D eigenvalue weighted by Crippen LogP contribution is 2.26. The lowest BCUT2D eigenvalue weighted by Crippen LogP contribution is -1.99. The van der Waals surface area contributed by atoms with E-state index < -0.39 is 0 Å². The number of fused-ring (bicyclic) bond motifs is 1. The maximum Gasteiger partial charge on any atom is 0.0879 e. The van der Waals surface area contributed by atoms with Crippen LogP contribution in [0.3, 0.4) is 0 Å². The van der Waals surface area contributed by atoms with Crippen LogP contribution in [0.5, 0.6) is 0 Å². The number of nitrogens with zero attached hydrogens (tertiary/aromatic N) is 2. The molecule has 0 saturated heterocycles. The van der Waals surface area contributed by atoms with Crippen LogP contribution in [-0.4, -0.2) is 9.97 Å². The van der Waals surface area contributed by atoms with E-state index in [1.165, 1.54) is 6.42 Å². The van der Waals surface area contributed by atoms with E-state index in [0.29, 0.717) is 5.70 Å². The van der Waals surface area contributed by atoms with Gasteiger partial charge in [0.2, 0.25) is 0 Å². The fourth-order valence-electron chi connectivity index (χ4n) is 2.08. The second-order valence-electron chi connectivity index (χ2n) is 5.11. The Hall–Kier alpha value is -2.86. The van der Waals surface area contributed by atoms with Gasteiger partial charge in [-0.15, -0.1) is 0 Å². The van der Waals surface area contributed by atoms with Gasteiger partial charge in [-0.2, -0.15) is 0 Å². The lowest BCUT2D eigenvalue weighted by Gasteiger charge is -2.06. The van der Waals surface area contributed by atoms with E-state index in [1.54, 1.807) is 12.4 Å². The second kappa shape index (κ2) is 7.95. The van der Waals surface area contributed by atoms with Crippen LogP contribution in [0.4, 0.5) is 0 Å². The molecule has 0 aliphatic rings. The van der Waals surface area contributed by atoms with Gasteiger partial charge in [0, 0.05) is 18.0 Å². The molecule has 0 atom stereocenters. The maximum absolute atomic E-state index is 5.94. The van der Waals surface area contributed by atoms with E-state index in [2.05, 4.69) is 35.9 Å². The summed E-state index contributed by atoms with van der Waals surface area (Å²) < 4.78 is 0. The molecule has 1 aromatic carbocycles. The molecule has 0 aliphatic heterocycles. The molecule has 0 spiro atoms. The first-order valence-corrected chi connectivity index (χ1v) is 7.76. The Bertz CT molecular complexity index is 792. The molecule has 0 bridgehead atoms. The van der Waals surface area contributed by atoms with Crippen molar-refractivity contribution < 1.29 is 0 Å². The van der Waals surface area contributed by atoms with Crippen LogP contribution in [-0.2, 0) is 0 Å². The van der Waals surface area contributed by atoms with Crippen LogP contribution in [0, 0.1) is 12.1 Å². The second-order valence-corrected chi connectivity index (χ2v) is 5.11. The van der Waals surface area contributed by atoms with Crippen molar-refractivity contribution in [3.05, 3.63) is 66.6 Å². The lowest BCUT2D eigenvalue weighted by molar-refractivity contribution is 1.09. The number of hydrogen-bond donors (Lipinski definition) is 1. The van der Waals surface area contributed by atoms with Crippen molar-refractivity contribution in [3.8, 4) is 11.1 Å². The monoisotopic (exact) mass is 303 g/mol. The zero-order valence-electron chi connectivity index (χ0n) is 13.8. The smallest absolute Gasteiger partial charge is 0.0879 e. The Labute approximate surface area is 137 Å². The number of rotatable bonds is 2. The normalized spacial score (nSPS) is 10.7. The van der Waals surface area contributed by atoms with Crippen LogP contribution in [0.2, 0.25) is 0 Å². The third kappa shape index (κ3) is 3.87. The summed E-state index contributed by atoms with van der Waals surface area (Å²) in [5.41, 5.74) is 10.3. The molecular formula is C20H21N3. The number of nitrogens with two attached hydrogens (primary N) is 1. The van der Waals surface area contributed by atoms with Gasteiger partial charge in [-0.25, -0.2) is 4.98 Å². The quantitative estimate of drug-likeness (QED) is 0.750. The predicted molar refractivity (Wildman–Crippen MR) is 96.4 cm³/mol. The van der Waals surface area contributed by atoms with Gasteiger partial charge in [0.05, 0.1) is 22.3 Å². The minimum atomic E-state index is 0.667. The molecule has 3 nitrogen and oxygen atoms in total. The summed E-state index contributed by atoms with van der Waals surface area (Å²) in [5.74, 6) is 0. The predicted octanol–water partition coefficient (Wildman–Crippen LogP) is 4.63. The van der Waals surface area contributed by atoms with Gasteiger partial charge < -0.3 is 5.73 Å². The zero-order valence-corrected chi connectivity index (χ0v) is 13.8. The van der Waals surface area contributed by atoms with E-state index in [9.17, 15) is 0 Å². The summed E-state index contributed by atoms with van der Waals surface area (Å²) in [5, 5.41) is 0.923. The van der Waals surface area contributed by atoms with Gasteiger partial charge in [-0.1, -0.05) is 38.5 Å². The van der Waals surface area contributed by atoms with Gasteiger partial charge in [0.1, 0.15) is 0 Å². The largest absolute Gasteiger partial charge is 0.397 e. The highest BCUT2D eigenvalue weighted by atomic mass is 14.8. The van der Waals surface area contributed by atoms with Gasteiger partial charge >= 0.3 is 0 Å². The van der Waals surface area contributed by atoms with E-state index >= 15 is 0 Å². The number of allylic oxidation sites excluding steroid dienone is 1. The van der Waals surface area contributed by atoms with Crippen LogP contribution >= 0.6 is 0 Å². The van der Waals surface area contributed by atoms with Gasteiger partial charge in [-0.05, 0) is 42.8 Å². The van der Waals surface area contributed by atoms with Crippen LogP contribution in [0.25, 0.3) is 27.7 Å². The molecule has 0 saturated carbocycles. The summed E-state index contributed by atoms with van der Waals surface area (Å²) in [6.45, 7) is 6.15. The first-order valence-electron chi connectivity index (χ1n) is 7.76. The summed E-state index contributed by atoms with van der Waals surface area (Å²) in [6.07, 6.45) is 6.63. The molecule has 0 amide bonds. The van der Waals surface area contributed by atoms with Crippen molar-refractivity contribution >= 4 is 16.6 Å². The van der Waals surface area contributed by atoms with Crippen molar-refractivity contribution in [3.63, 3.8) is 0 Å². The Morgan fingerprint density at radius 2 is 1.87 bits per heavy atom. The number of hydrogen-bond acceptors (Lipinski definition) is 3. The van der Waals surface area contributed by atoms with Crippen LogP contribution in [0.15, 0.2) is 48.8 Å². The maximum atomic E-state index is 5.94. The Morgan fingerprint density at radius 1 is 1.17 bits per heavy atom. The van der Waals surface area contributed by atoms with Crippen molar-refractivity contribution in [2.24, 2.45) is 5.73 Å². The average Bonchev–Trinajstić information content (AvgIpc) is 2.61. The minimum Gasteiger partial charge on any atom is -0.397 e. The van der Waals surface area contributed by atoms with E-state index in [0.717, 1.165) is 27.7 Å².